The van der Waals surface area contributed by atoms with E-state index in [0.717, 1.165) is 5.56 Å². The van der Waals surface area contributed by atoms with Gasteiger partial charge in [-0.15, -0.1) is 16.4 Å². The van der Waals surface area contributed by atoms with Gasteiger partial charge in [0, 0.05) is 17.0 Å². The molecule has 10 heteroatoms. The number of methoxy groups -OCH3 is 2. The summed E-state index contributed by atoms with van der Waals surface area (Å²) in [5.74, 6) is 1.00. The average Bonchev–Trinajstić information content (AvgIpc) is 3.30. The number of nitriles is 1. The number of carbonyl (C=O) groups is 1. The second kappa shape index (κ2) is 7.62. The first-order valence-electron chi connectivity index (χ1n) is 7.40. The number of nitrogens with one attached hydrogen (secondary N) is 1. The molecule has 1 amide bonds. The van der Waals surface area contributed by atoms with E-state index in [4.69, 9.17) is 14.7 Å². The van der Waals surface area contributed by atoms with Crippen molar-refractivity contribution < 1.29 is 14.3 Å². The van der Waals surface area contributed by atoms with Crippen molar-refractivity contribution in [1.29, 1.82) is 5.26 Å². The molecule has 3 aromatic rings. The van der Waals surface area contributed by atoms with E-state index in [0.29, 0.717) is 22.3 Å². The molecule has 0 aliphatic heterocycles. The second-order valence-electron chi connectivity index (χ2n) is 5.03. The van der Waals surface area contributed by atoms with Gasteiger partial charge in [0.15, 0.2) is 5.13 Å². The minimum absolute atomic E-state index is 0.0148. The lowest BCUT2D eigenvalue weighted by Crippen LogP contribution is -2.19. The Balaban J connectivity index is 1.72. The van der Waals surface area contributed by atoms with Crippen LogP contribution in [0, 0.1) is 11.3 Å². The molecule has 0 radical (unpaired) electrons. The number of ether oxygens (including phenoxy) is 2. The number of hydrogen-bond donors (Lipinski definition) is 1. The molecule has 9 nitrogen and oxygen atoms in total. The van der Waals surface area contributed by atoms with E-state index >= 15 is 0 Å². The molecule has 26 heavy (non-hydrogen) atoms. The molecule has 0 aliphatic carbocycles. The zero-order valence-corrected chi connectivity index (χ0v) is 14.8. The average molecular weight is 370 g/mol. The van der Waals surface area contributed by atoms with Crippen LogP contribution in [0.5, 0.6) is 11.5 Å². The Morgan fingerprint density at radius 3 is 2.92 bits per heavy atom. The van der Waals surface area contributed by atoms with Crippen LogP contribution >= 0.6 is 11.3 Å². The van der Waals surface area contributed by atoms with E-state index < -0.39 is 0 Å². The summed E-state index contributed by atoms with van der Waals surface area (Å²) in [7, 11) is 3.15. The summed E-state index contributed by atoms with van der Waals surface area (Å²) in [4.78, 5) is 20.2. The van der Waals surface area contributed by atoms with Gasteiger partial charge in [0.2, 0.25) is 5.91 Å². The lowest BCUT2D eigenvalue weighted by atomic mass is 10.1. The van der Waals surface area contributed by atoms with E-state index in [9.17, 15) is 4.79 Å². The van der Waals surface area contributed by atoms with Gasteiger partial charge >= 0.3 is 0 Å². The van der Waals surface area contributed by atoms with E-state index in [1.54, 1.807) is 26.4 Å². The molecule has 0 bridgehead atoms. The van der Waals surface area contributed by atoms with Crippen molar-refractivity contribution in [3.63, 3.8) is 0 Å². The molecule has 0 unspecified atom stereocenters. The van der Waals surface area contributed by atoms with Gasteiger partial charge in [-0.1, -0.05) is 0 Å². The molecular formula is C16H14N6O3S. The lowest BCUT2D eigenvalue weighted by Gasteiger charge is -2.08. The standard InChI is InChI=1S/C16H14N6O3S/c1-24-10-3-4-11(13(5-10)25-2)12-8-26-16(19-12)20-15(23)7-22-9-18-14(6-17)21-22/h3-5,8-9H,7H2,1-2H3,(H,19,20,23). The van der Waals surface area contributed by atoms with Crippen LogP contribution in [0.25, 0.3) is 11.3 Å². The number of nitrogens with zero attached hydrogens (tertiary/aromatic N) is 5. The smallest absolute Gasteiger partial charge is 0.252 e. The van der Waals surface area contributed by atoms with Gasteiger partial charge in [0.05, 0.1) is 19.9 Å². The molecule has 1 aromatic carbocycles. The van der Waals surface area contributed by atoms with Crippen LogP contribution < -0.4 is 14.8 Å². The summed E-state index contributed by atoms with van der Waals surface area (Å²) in [6.07, 6.45) is 1.33. The maximum atomic E-state index is 12.1. The third-order valence-corrected chi connectivity index (χ3v) is 4.13. The summed E-state index contributed by atoms with van der Waals surface area (Å²) >= 11 is 1.29. The van der Waals surface area contributed by atoms with Crippen molar-refractivity contribution in [2.24, 2.45) is 0 Å². The zero-order valence-electron chi connectivity index (χ0n) is 14.0. The maximum Gasteiger partial charge on any atom is 0.252 e. The number of thiazole rings is 1. The molecular weight excluding hydrogens is 356 g/mol. The van der Waals surface area contributed by atoms with Crippen molar-refractivity contribution >= 4 is 22.4 Å². The Morgan fingerprint density at radius 2 is 2.23 bits per heavy atom. The molecule has 0 fully saturated rings. The molecule has 2 heterocycles. The van der Waals surface area contributed by atoms with Gasteiger partial charge in [-0.2, -0.15) is 5.26 Å². The van der Waals surface area contributed by atoms with Gasteiger partial charge in [-0.3, -0.25) is 4.79 Å². The minimum Gasteiger partial charge on any atom is -0.497 e. The molecule has 1 N–H and O–H groups in total. The SMILES string of the molecule is COc1ccc(-c2csc(NC(=O)Cn3cnc(C#N)n3)n2)c(OC)c1. The Bertz CT molecular complexity index is 975. The van der Waals surface area contributed by atoms with Crippen LogP contribution in [-0.2, 0) is 11.3 Å². The quantitative estimate of drug-likeness (QED) is 0.705. The van der Waals surface area contributed by atoms with E-state index in [1.165, 1.54) is 22.3 Å². The van der Waals surface area contributed by atoms with Gasteiger partial charge in [-0.05, 0) is 12.1 Å². The van der Waals surface area contributed by atoms with Gasteiger partial charge < -0.3 is 14.8 Å². The summed E-state index contributed by atoms with van der Waals surface area (Å²) in [5, 5.41) is 17.5. The third-order valence-electron chi connectivity index (χ3n) is 3.38. The monoisotopic (exact) mass is 370 g/mol. The van der Waals surface area contributed by atoms with Crippen molar-refractivity contribution in [3.05, 3.63) is 35.7 Å². The first kappa shape index (κ1) is 17.4. The largest absolute Gasteiger partial charge is 0.497 e. The van der Waals surface area contributed by atoms with E-state index in [2.05, 4.69) is 20.4 Å². The Labute approximate surface area is 152 Å². The number of hydrogen-bond acceptors (Lipinski definition) is 8. The van der Waals surface area contributed by atoms with Crippen LogP contribution in [0.1, 0.15) is 5.82 Å². The molecule has 3 rings (SSSR count). The van der Waals surface area contributed by atoms with Crippen molar-refractivity contribution in [3.8, 4) is 28.8 Å². The fourth-order valence-electron chi connectivity index (χ4n) is 2.19. The predicted molar refractivity (Wildman–Crippen MR) is 94.0 cm³/mol. The number of rotatable bonds is 6. The highest BCUT2D eigenvalue weighted by atomic mass is 32.1. The van der Waals surface area contributed by atoms with Crippen LogP contribution in [-0.4, -0.2) is 39.9 Å². The first-order chi connectivity index (χ1) is 12.6. The topological polar surface area (TPSA) is 115 Å². The van der Waals surface area contributed by atoms with Crippen molar-refractivity contribution in [2.75, 3.05) is 19.5 Å². The number of aromatic nitrogens is 4. The molecule has 0 aliphatic rings. The molecule has 132 valence electrons. The lowest BCUT2D eigenvalue weighted by molar-refractivity contribution is -0.116. The van der Waals surface area contributed by atoms with Gasteiger partial charge in [0.1, 0.15) is 30.4 Å². The van der Waals surface area contributed by atoms with E-state index in [1.807, 2.05) is 17.5 Å². The maximum absolute atomic E-state index is 12.1. The number of benzene rings is 1. The third kappa shape index (κ3) is 3.79. The molecule has 0 saturated heterocycles. The first-order valence-corrected chi connectivity index (χ1v) is 8.28. The summed E-state index contributed by atoms with van der Waals surface area (Å²) in [5.41, 5.74) is 1.47. The summed E-state index contributed by atoms with van der Waals surface area (Å²) in [6, 6.07) is 7.23. The summed E-state index contributed by atoms with van der Waals surface area (Å²) in [6.45, 7) is -0.0601. The highest BCUT2D eigenvalue weighted by Crippen LogP contribution is 2.34. The Morgan fingerprint density at radius 1 is 1.38 bits per heavy atom. The van der Waals surface area contributed by atoms with Crippen LogP contribution in [0.4, 0.5) is 5.13 Å². The Kier molecular flexibility index (Phi) is 5.09. The molecule has 0 atom stereocenters. The fourth-order valence-corrected chi connectivity index (χ4v) is 2.92. The van der Waals surface area contributed by atoms with E-state index in [-0.39, 0.29) is 18.3 Å². The zero-order chi connectivity index (χ0) is 18.5. The minimum atomic E-state index is -0.318. The fraction of sp³-hybridized carbons (Fsp3) is 0.188. The van der Waals surface area contributed by atoms with Crippen LogP contribution in [0.2, 0.25) is 0 Å². The highest BCUT2D eigenvalue weighted by Gasteiger charge is 2.13. The number of anilines is 1. The molecule has 0 saturated carbocycles. The highest BCUT2D eigenvalue weighted by molar-refractivity contribution is 7.14. The van der Waals surface area contributed by atoms with Crippen molar-refractivity contribution in [2.45, 2.75) is 6.54 Å². The normalized spacial score (nSPS) is 10.2. The van der Waals surface area contributed by atoms with Crippen LogP contribution in [0.15, 0.2) is 29.9 Å². The van der Waals surface area contributed by atoms with Gasteiger partial charge in [-0.25, -0.2) is 14.6 Å². The molecule has 2 aromatic heterocycles. The summed E-state index contributed by atoms with van der Waals surface area (Å²) < 4.78 is 11.8. The number of amides is 1. The predicted octanol–water partition coefficient (Wildman–Crippen LogP) is 1.93. The van der Waals surface area contributed by atoms with Crippen LogP contribution in [0.3, 0.4) is 0 Å². The second-order valence-corrected chi connectivity index (χ2v) is 5.89. The molecule has 0 spiro atoms. The Hall–Kier alpha value is -3.45. The number of carbonyl (C=O) groups excluding carboxylic acids is 1. The van der Waals surface area contributed by atoms with Gasteiger partial charge in [0.25, 0.3) is 5.82 Å². The van der Waals surface area contributed by atoms with Crippen molar-refractivity contribution in [1.82, 2.24) is 19.7 Å².